The summed E-state index contributed by atoms with van der Waals surface area (Å²) in [6, 6.07) is 7.56. The van der Waals surface area contributed by atoms with Gasteiger partial charge >= 0.3 is 0 Å². The average molecular weight is 303 g/mol. The van der Waals surface area contributed by atoms with Gasteiger partial charge in [0.2, 0.25) is 0 Å². The zero-order chi connectivity index (χ0) is 15.8. The first-order valence-electron chi connectivity index (χ1n) is 7.98. The molecule has 1 amide bonds. The lowest BCUT2D eigenvalue weighted by molar-refractivity contribution is -0.119. The van der Waals surface area contributed by atoms with Crippen LogP contribution in [-0.2, 0) is 4.79 Å². The van der Waals surface area contributed by atoms with Gasteiger partial charge in [0.05, 0.1) is 13.2 Å². The molecule has 2 rings (SSSR count). The molecule has 1 aliphatic rings. The molecular formula is C17H25N3O2. The van der Waals surface area contributed by atoms with Gasteiger partial charge in [0.25, 0.3) is 5.91 Å². The summed E-state index contributed by atoms with van der Waals surface area (Å²) in [6.07, 6.45) is 4.41. The quantitative estimate of drug-likeness (QED) is 0.793. The molecule has 5 heteroatoms. The first-order chi connectivity index (χ1) is 10.7. The molecule has 0 aromatic heterocycles. The molecule has 0 bridgehead atoms. The van der Waals surface area contributed by atoms with Crippen molar-refractivity contribution in [3.8, 4) is 5.75 Å². The summed E-state index contributed by atoms with van der Waals surface area (Å²) in [5, 5.41) is 7.31. The fraction of sp³-hybridized carbons (Fsp3) is 0.529. The summed E-state index contributed by atoms with van der Waals surface area (Å²) in [5.74, 6) is 1.38. The smallest absolute Gasteiger partial charge is 0.259 e. The highest BCUT2D eigenvalue weighted by Crippen LogP contribution is 2.20. The van der Waals surface area contributed by atoms with Crippen molar-refractivity contribution in [1.82, 2.24) is 5.43 Å². The Morgan fingerprint density at radius 2 is 2.14 bits per heavy atom. The van der Waals surface area contributed by atoms with Gasteiger partial charge in [-0.3, -0.25) is 4.79 Å². The number of carbonyl (C=O) groups excluding carboxylic acids is 1. The summed E-state index contributed by atoms with van der Waals surface area (Å²) in [7, 11) is 0. The third-order valence-corrected chi connectivity index (χ3v) is 3.70. The number of nitrogens with one attached hydrogen (secondary N) is 2. The Morgan fingerprint density at radius 1 is 1.36 bits per heavy atom. The van der Waals surface area contributed by atoms with Crippen molar-refractivity contribution < 1.29 is 9.53 Å². The van der Waals surface area contributed by atoms with Gasteiger partial charge in [-0.2, -0.15) is 5.10 Å². The molecule has 0 spiro atoms. The van der Waals surface area contributed by atoms with E-state index in [1.54, 1.807) is 0 Å². The molecule has 0 aliphatic heterocycles. The van der Waals surface area contributed by atoms with Crippen LogP contribution in [0.1, 0.15) is 39.5 Å². The highest BCUT2D eigenvalue weighted by Gasteiger charge is 2.14. The lowest BCUT2D eigenvalue weighted by atomic mass is 9.89. The lowest BCUT2D eigenvalue weighted by Gasteiger charge is -2.18. The number of anilines is 1. The molecule has 1 aromatic rings. The third-order valence-electron chi connectivity index (χ3n) is 3.70. The van der Waals surface area contributed by atoms with Crippen LogP contribution in [-0.4, -0.2) is 24.8 Å². The molecule has 0 heterocycles. The topological polar surface area (TPSA) is 62.7 Å². The molecule has 1 fully saturated rings. The minimum absolute atomic E-state index is 0.125. The minimum Gasteiger partial charge on any atom is -0.494 e. The highest BCUT2D eigenvalue weighted by molar-refractivity contribution is 5.87. The molecule has 22 heavy (non-hydrogen) atoms. The molecular weight excluding hydrogens is 278 g/mol. The number of hydrogen-bond acceptors (Lipinski definition) is 4. The standard InChI is InChI=1S/C17H25N3O2/c1-3-22-16-9-7-14(8-10-16)18-12-17(21)20-19-15-6-4-5-13(2)11-15/h7-10,13,18H,3-6,11-12H2,1-2H3,(H,20,21)/b19-15+/t13-/m0/s1. The molecule has 1 atom stereocenters. The molecule has 0 radical (unpaired) electrons. The number of nitrogens with zero attached hydrogens (tertiary/aromatic N) is 1. The number of hydrazone groups is 1. The number of hydrogen-bond donors (Lipinski definition) is 2. The van der Waals surface area contributed by atoms with Crippen molar-refractivity contribution in [2.75, 3.05) is 18.5 Å². The third kappa shape index (κ3) is 5.39. The predicted molar refractivity (Wildman–Crippen MR) is 89.3 cm³/mol. The minimum atomic E-state index is -0.125. The van der Waals surface area contributed by atoms with Crippen LogP contribution < -0.4 is 15.5 Å². The Balaban J connectivity index is 1.74. The summed E-state index contributed by atoms with van der Waals surface area (Å²) in [6.45, 7) is 5.03. The Morgan fingerprint density at radius 3 is 2.82 bits per heavy atom. The van der Waals surface area contributed by atoms with E-state index in [4.69, 9.17) is 4.74 Å². The van der Waals surface area contributed by atoms with Crippen LogP contribution in [0.15, 0.2) is 29.4 Å². The van der Waals surface area contributed by atoms with Crippen LogP contribution in [0.5, 0.6) is 5.75 Å². The maximum absolute atomic E-state index is 11.8. The zero-order valence-electron chi connectivity index (χ0n) is 13.4. The number of benzene rings is 1. The Bertz CT molecular complexity index is 511. The van der Waals surface area contributed by atoms with E-state index < -0.39 is 0 Å². The van der Waals surface area contributed by atoms with Crippen LogP contribution >= 0.6 is 0 Å². The molecule has 5 nitrogen and oxygen atoms in total. The number of carbonyl (C=O) groups is 1. The molecule has 120 valence electrons. The summed E-state index contributed by atoms with van der Waals surface area (Å²) >= 11 is 0. The number of ether oxygens (including phenoxy) is 1. The molecule has 0 unspecified atom stereocenters. The second kappa shape index (κ2) is 8.41. The van der Waals surface area contributed by atoms with E-state index in [-0.39, 0.29) is 12.5 Å². The first-order valence-corrected chi connectivity index (χ1v) is 7.98. The van der Waals surface area contributed by atoms with Gasteiger partial charge in [-0.25, -0.2) is 5.43 Å². The van der Waals surface area contributed by atoms with Crippen molar-refractivity contribution in [2.45, 2.75) is 39.5 Å². The lowest BCUT2D eigenvalue weighted by Crippen LogP contribution is -2.27. The van der Waals surface area contributed by atoms with Gasteiger partial charge in [-0.1, -0.05) is 6.92 Å². The van der Waals surface area contributed by atoms with E-state index in [9.17, 15) is 4.79 Å². The number of amides is 1. The summed E-state index contributed by atoms with van der Waals surface area (Å²) < 4.78 is 5.38. The second-order valence-corrected chi connectivity index (χ2v) is 5.73. The van der Waals surface area contributed by atoms with Crippen molar-refractivity contribution in [1.29, 1.82) is 0 Å². The van der Waals surface area contributed by atoms with E-state index in [1.807, 2.05) is 31.2 Å². The van der Waals surface area contributed by atoms with Crippen molar-refractivity contribution in [3.05, 3.63) is 24.3 Å². The van der Waals surface area contributed by atoms with Gasteiger partial charge in [-0.05, 0) is 62.8 Å². The van der Waals surface area contributed by atoms with E-state index in [1.165, 1.54) is 12.8 Å². The van der Waals surface area contributed by atoms with Crippen LogP contribution in [0.25, 0.3) is 0 Å². The maximum Gasteiger partial charge on any atom is 0.259 e. The SMILES string of the molecule is CCOc1ccc(NCC(=O)N/N=C2\CCC[C@H](C)C2)cc1. The Hall–Kier alpha value is -2.04. The molecule has 1 saturated carbocycles. The molecule has 0 saturated heterocycles. The van der Waals surface area contributed by atoms with Crippen molar-refractivity contribution in [3.63, 3.8) is 0 Å². The monoisotopic (exact) mass is 303 g/mol. The summed E-state index contributed by atoms with van der Waals surface area (Å²) in [4.78, 5) is 11.8. The Labute approximate surface area is 132 Å². The highest BCUT2D eigenvalue weighted by atomic mass is 16.5. The number of rotatable bonds is 6. The maximum atomic E-state index is 11.8. The predicted octanol–water partition coefficient (Wildman–Crippen LogP) is 3.18. The first kappa shape index (κ1) is 16.3. The zero-order valence-corrected chi connectivity index (χ0v) is 13.4. The second-order valence-electron chi connectivity index (χ2n) is 5.73. The Kier molecular flexibility index (Phi) is 6.25. The van der Waals surface area contributed by atoms with Crippen molar-refractivity contribution in [2.24, 2.45) is 11.0 Å². The van der Waals surface area contributed by atoms with E-state index in [0.717, 1.165) is 30.0 Å². The van der Waals surface area contributed by atoms with Gasteiger partial charge in [0.15, 0.2) is 0 Å². The van der Waals surface area contributed by atoms with Crippen LogP contribution in [0.2, 0.25) is 0 Å². The largest absolute Gasteiger partial charge is 0.494 e. The molecule has 1 aliphatic carbocycles. The van der Waals surface area contributed by atoms with E-state index in [0.29, 0.717) is 12.5 Å². The van der Waals surface area contributed by atoms with Crippen LogP contribution in [0, 0.1) is 5.92 Å². The fourth-order valence-corrected chi connectivity index (χ4v) is 2.56. The van der Waals surface area contributed by atoms with Crippen LogP contribution in [0.3, 0.4) is 0 Å². The van der Waals surface area contributed by atoms with E-state index in [2.05, 4.69) is 22.8 Å². The normalized spacial score (nSPS) is 19.7. The fourth-order valence-electron chi connectivity index (χ4n) is 2.56. The molecule has 2 N–H and O–H groups in total. The van der Waals surface area contributed by atoms with E-state index >= 15 is 0 Å². The van der Waals surface area contributed by atoms with Crippen LogP contribution in [0.4, 0.5) is 5.69 Å². The van der Waals surface area contributed by atoms with Gasteiger partial charge in [0.1, 0.15) is 5.75 Å². The summed E-state index contributed by atoms with van der Waals surface area (Å²) in [5.41, 5.74) is 4.63. The van der Waals surface area contributed by atoms with Gasteiger partial charge < -0.3 is 10.1 Å². The van der Waals surface area contributed by atoms with Gasteiger partial charge in [0, 0.05) is 11.4 Å². The molecule has 1 aromatic carbocycles. The average Bonchev–Trinajstić information content (AvgIpc) is 2.53. The van der Waals surface area contributed by atoms with Gasteiger partial charge in [-0.15, -0.1) is 0 Å². The van der Waals surface area contributed by atoms with Crippen molar-refractivity contribution >= 4 is 17.3 Å².